The van der Waals surface area contributed by atoms with E-state index in [1.807, 2.05) is 0 Å². The summed E-state index contributed by atoms with van der Waals surface area (Å²) >= 11 is 0. The molecule has 0 rings (SSSR count). The van der Waals surface area contributed by atoms with Gasteiger partial charge in [-0.3, -0.25) is 34.8 Å². The molecule has 0 fully saturated rings. The number of carbonyl (C=O) groups excluding carboxylic acids is 5. The van der Waals surface area contributed by atoms with Crippen molar-refractivity contribution in [3.63, 3.8) is 0 Å². The molecule has 0 aromatic carbocycles. The highest BCUT2D eigenvalue weighted by Crippen LogP contribution is 2.10. The van der Waals surface area contributed by atoms with Crippen LogP contribution in [0.1, 0.15) is 79.1 Å². The van der Waals surface area contributed by atoms with Gasteiger partial charge in [0.15, 0.2) is 11.9 Å². The molecule has 0 aromatic rings. The Hall–Kier alpha value is -4.64. The van der Waals surface area contributed by atoms with Crippen molar-refractivity contribution in [1.82, 2.24) is 31.9 Å². The second-order valence-corrected chi connectivity index (χ2v) is 11.7. The molecular formula is C29H54N10O8. The van der Waals surface area contributed by atoms with Crippen molar-refractivity contribution in [2.75, 3.05) is 20.2 Å². The van der Waals surface area contributed by atoms with Crippen LogP contribution in [0.25, 0.3) is 0 Å². The van der Waals surface area contributed by atoms with Crippen LogP contribution in [0.15, 0.2) is 0 Å². The van der Waals surface area contributed by atoms with Gasteiger partial charge in [-0.05, 0) is 43.9 Å². The monoisotopic (exact) mass is 670 g/mol. The number of nitrogens with one attached hydrogen (secondary N) is 8. The first-order valence-corrected chi connectivity index (χ1v) is 15.7. The van der Waals surface area contributed by atoms with Gasteiger partial charge < -0.3 is 53.2 Å². The fourth-order valence-electron chi connectivity index (χ4n) is 4.34. The van der Waals surface area contributed by atoms with Gasteiger partial charge in [0.2, 0.25) is 23.6 Å². The molecule has 0 radical (unpaired) electrons. The second-order valence-electron chi connectivity index (χ2n) is 11.7. The first-order chi connectivity index (χ1) is 22.0. The van der Waals surface area contributed by atoms with Gasteiger partial charge in [0.1, 0.15) is 24.2 Å². The van der Waals surface area contributed by atoms with Crippen LogP contribution in [0.5, 0.6) is 0 Å². The van der Waals surface area contributed by atoms with Gasteiger partial charge in [0.25, 0.3) is 0 Å². The van der Waals surface area contributed by atoms with Gasteiger partial charge in [-0.25, -0.2) is 4.79 Å². The lowest BCUT2D eigenvalue weighted by Gasteiger charge is -2.28. The average molecular weight is 671 g/mol. The van der Waals surface area contributed by atoms with Crippen LogP contribution in [0.3, 0.4) is 0 Å². The van der Waals surface area contributed by atoms with E-state index in [9.17, 15) is 33.9 Å². The number of hydrogen-bond acceptors (Lipinski definition) is 9. The maximum atomic E-state index is 13.4. The zero-order valence-electron chi connectivity index (χ0n) is 28.0. The first kappa shape index (κ1) is 42.4. The Morgan fingerprint density at radius 1 is 0.660 bits per heavy atom. The Balaban J connectivity index is 5.78. The molecule has 18 nitrogen and oxygen atoms in total. The third-order valence-corrected chi connectivity index (χ3v) is 6.98. The zero-order valence-corrected chi connectivity index (χ0v) is 28.0. The van der Waals surface area contributed by atoms with E-state index in [0.717, 1.165) is 0 Å². The Morgan fingerprint density at radius 2 is 1.17 bits per heavy atom. The van der Waals surface area contributed by atoms with Crippen molar-refractivity contribution >= 4 is 47.5 Å². The van der Waals surface area contributed by atoms with Crippen LogP contribution in [0.4, 0.5) is 0 Å². The molecule has 268 valence electrons. The second kappa shape index (κ2) is 22.8. The summed E-state index contributed by atoms with van der Waals surface area (Å²) in [6.45, 7) is 7.46. The van der Waals surface area contributed by atoms with Gasteiger partial charge in [0, 0.05) is 25.9 Å². The van der Waals surface area contributed by atoms with Crippen molar-refractivity contribution in [3.8, 4) is 0 Å². The van der Waals surface area contributed by atoms with Crippen molar-refractivity contribution < 1.29 is 38.6 Å². The Morgan fingerprint density at radius 3 is 1.68 bits per heavy atom. The highest BCUT2D eigenvalue weighted by atomic mass is 16.5. The van der Waals surface area contributed by atoms with E-state index in [4.69, 9.17) is 27.0 Å². The largest absolute Gasteiger partial charge is 0.481 e. The van der Waals surface area contributed by atoms with Crippen LogP contribution >= 0.6 is 0 Å². The molecule has 4 atom stereocenters. The summed E-state index contributed by atoms with van der Waals surface area (Å²) in [5.41, 5.74) is 10.6. The molecule has 4 amide bonds. The van der Waals surface area contributed by atoms with Gasteiger partial charge >= 0.3 is 11.9 Å². The lowest BCUT2D eigenvalue weighted by molar-refractivity contribution is -0.147. The number of esters is 1. The van der Waals surface area contributed by atoms with Gasteiger partial charge in [0.05, 0.1) is 7.11 Å². The first-order valence-electron chi connectivity index (χ1n) is 15.7. The van der Waals surface area contributed by atoms with Gasteiger partial charge in [-0.15, -0.1) is 0 Å². The normalized spacial score (nSPS) is 13.3. The van der Waals surface area contributed by atoms with Crippen LogP contribution in [-0.4, -0.2) is 97.0 Å². The smallest absolute Gasteiger partial charge is 0.328 e. The third kappa shape index (κ3) is 18.8. The minimum Gasteiger partial charge on any atom is -0.481 e. The summed E-state index contributed by atoms with van der Waals surface area (Å²) in [6.07, 6.45) is 1.57. The van der Waals surface area contributed by atoms with Gasteiger partial charge in [-0.1, -0.05) is 34.1 Å². The molecule has 18 heteroatoms. The number of carboxylic acids is 1. The van der Waals surface area contributed by atoms with Crippen LogP contribution < -0.4 is 43.4 Å². The maximum Gasteiger partial charge on any atom is 0.328 e. The molecule has 0 saturated carbocycles. The third-order valence-electron chi connectivity index (χ3n) is 6.98. The van der Waals surface area contributed by atoms with Crippen molar-refractivity contribution in [2.45, 2.75) is 103 Å². The summed E-state index contributed by atoms with van der Waals surface area (Å²) < 4.78 is 4.77. The number of ether oxygens (including phenoxy) is 1. The van der Waals surface area contributed by atoms with E-state index >= 15 is 0 Å². The standard InChI is InChI=1S/C29H54N10O8/c1-16(2)22(26(45)39-23(17(3)4)27(46)47-5)38-25(44)19(12-13-21(41)42)37-24(43)18(10-9-15-35-29(32)33)36-20(40)11-7-6-8-14-34-28(30)31/h16-19,22-23H,6-15H2,1-5H3,(H,36,40)(H,37,43)(H,38,44)(H,39,45)(H,41,42)(H4,30,31,34)(H4,32,33,35)/t18-,19-,22-,23-/m0/s1. The fraction of sp³-hybridized carbons (Fsp3) is 0.724. The number of amides is 4. The van der Waals surface area contributed by atoms with Crippen LogP contribution in [-0.2, 0) is 33.5 Å². The number of aliphatic carboxylic acids is 1. The Kier molecular flexibility index (Phi) is 20.5. The van der Waals surface area contributed by atoms with Gasteiger partial charge in [-0.2, -0.15) is 0 Å². The van der Waals surface area contributed by atoms with Crippen molar-refractivity contribution in [1.29, 1.82) is 10.8 Å². The molecule has 0 spiro atoms. The Bertz CT molecular complexity index is 1090. The van der Waals surface area contributed by atoms with E-state index in [0.29, 0.717) is 32.2 Å². The maximum absolute atomic E-state index is 13.4. The molecule has 47 heavy (non-hydrogen) atoms. The number of guanidine groups is 2. The minimum atomic E-state index is -1.38. The number of nitrogens with two attached hydrogens (primary N) is 2. The summed E-state index contributed by atoms with van der Waals surface area (Å²) in [5, 5.41) is 39.4. The molecule has 0 aliphatic rings. The lowest BCUT2D eigenvalue weighted by atomic mass is 9.99. The number of carboxylic acid groups (broad SMARTS) is 1. The van der Waals surface area contributed by atoms with E-state index in [2.05, 4.69) is 31.9 Å². The Labute approximate surface area is 275 Å². The lowest BCUT2D eigenvalue weighted by Crippen LogP contribution is -2.59. The SMILES string of the molecule is COC(=O)[C@@H](NC(=O)[C@@H](NC(=O)[C@H](CCC(=O)O)NC(=O)[C@H](CCCNC(=N)N)NC(=O)CCCCCNC(=N)N)C(C)C)C(C)C. The number of carbonyl (C=O) groups is 6. The highest BCUT2D eigenvalue weighted by Gasteiger charge is 2.33. The molecule has 0 saturated heterocycles. The summed E-state index contributed by atoms with van der Waals surface area (Å²) in [7, 11) is 1.19. The molecule has 13 N–H and O–H groups in total. The van der Waals surface area contributed by atoms with E-state index in [1.54, 1.807) is 27.7 Å². The quantitative estimate of drug-likeness (QED) is 0.0258. The number of unbranched alkanes of at least 4 members (excludes halogenated alkanes) is 2. The number of methoxy groups -OCH3 is 1. The molecular weight excluding hydrogens is 616 g/mol. The number of hydrogen-bond donors (Lipinski definition) is 11. The summed E-state index contributed by atoms with van der Waals surface area (Å²) in [6, 6.07) is -4.60. The van der Waals surface area contributed by atoms with E-state index in [-0.39, 0.29) is 43.6 Å². The molecule has 0 heterocycles. The predicted molar refractivity (Wildman–Crippen MR) is 174 cm³/mol. The van der Waals surface area contributed by atoms with Crippen molar-refractivity contribution in [2.24, 2.45) is 23.3 Å². The topological polar surface area (TPSA) is 304 Å². The molecule has 0 unspecified atom stereocenters. The average Bonchev–Trinajstić information content (AvgIpc) is 2.98. The number of rotatable bonds is 23. The molecule has 0 aromatic heterocycles. The summed E-state index contributed by atoms with van der Waals surface area (Å²) in [5.74, 6) is -5.72. The van der Waals surface area contributed by atoms with E-state index < -0.39 is 72.1 Å². The fourth-order valence-corrected chi connectivity index (χ4v) is 4.34. The molecule has 0 aliphatic heterocycles. The van der Waals surface area contributed by atoms with Crippen molar-refractivity contribution in [3.05, 3.63) is 0 Å². The van der Waals surface area contributed by atoms with E-state index in [1.165, 1.54) is 7.11 Å². The highest BCUT2D eigenvalue weighted by molar-refractivity contribution is 5.95. The summed E-state index contributed by atoms with van der Waals surface area (Å²) in [4.78, 5) is 76.3. The van der Waals surface area contributed by atoms with Crippen LogP contribution in [0.2, 0.25) is 0 Å². The molecule has 0 aliphatic carbocycles. The predicted octanol–water partition coefficient (Wildman–Crippen LogP) is -1.42. The minimum absolute atomic E-state index is 0.104. The van der Waals surface area contributed by atoms with Crippen LogP contribution in [0, 0.1) is 22.7 Å². The zero-order chi connectivity index (χ0) is 36.1. The molecule has 0 bridgehead atoms.